The molecular formula is C10H13N3O. The quantitative estimate of drug-likeness (QED) is 0.758. The van der Waals surface area contributed by atoms with Gasteiger partial charge in [-0.2, -0.15) is 10.2 Å². The maximum atomic E-state index is 11.7. The number of hydrogen-bond donors (Lipinski definition) is 1. The number of carbonyl (C=O) groups excluding carboxylic acids is 1. The Morgan fingerprint density at radius 3 is 2.79 bits per heavy atom. The highest BCUT2D eigenvalue weighted by Gasteiger charge is 2.24. The Balaban J connectivity index is 2.20. The van der Waals surface area contributed by atoms with E-state index in [1.54, 1.807) is 13.0 Å². The van der Waals surface area contributed by atoms with Crippen LogP contribution in [0, 0.1) is 13.8 Å². The van der Waals surface area contributed by atoms with Gasteiger partial charge in [0.1, 0.15) is 0 Å². The SMILES string of the molecule is Cc1cc(C(=O)NC2CC2)c(C)nn1. The van der Waals surface area contributed by atoms with Crippen LogP contribution in [0.25, 0.3) is 0 Å². The third kappa shape index (κ3) is 1.89. The summed E-state index contributed by atoms with van der Waals surface area (Å²) in [6.45, 7) is 3.63. The van der Waals surface area contributed by atoms with Crippen LogP contribution in [-0.2, 0) is 0 Å². The van der Waals surface area contributed by atoms with E-state index < -0.39 is 0 Å². The summed E-state index contributed by atoms with van der Waals surface area (Å²) >= 11 is 0. The fraction of sp³-hybridized carbons (Fsp3) is 0.500. The van der Waals surface area contributed by atoms with E-state index in [2.05, 4.69) is 15.5 Å². The highest BCUT2D eigenvalue weighted by molar-refractivity contribution is 5.95. The Hall–Kier alpha value is -1.45. The summed E-state index contributed by atoms with van der Waals surface area (Å²) in [7, 11) is 0. The van der Waals surface area contributed by atoms with E-state index >= 15 is 0 Å². The molecule has 0 atom stereocenters. The third-order valence-corrected chi connectivity index (χ3v) is 2.26. The van der Waals surface area contributed by atoms with Crippen molar-refractivity contribution in [2.24, 2.45) is 0 Å². The van der Waals surface area contributed by atoms with Gasteiger partial charge in [-0.25, -0.2) is 0 Å². The van der Waals surface area contributed by atoms with E-state index in [4.69, 9.17) is 0 Å². The molecule has 1 aliphatic rings. The summed E-state index contributed by atoms with van der Waals surface area (Å²) in [5.74, 6) is -0.0250. The molecule has 1 aromatic rings. The van der Waals surface area contributed by atoms with E-state index in [1.807, 2.05) is 6.92 Å². The van der Waals surface area contributed by atoms with Crippen LogP contribution >= 0.6 is 0 Å². The van der Waals surface area contributed by atoms with Crippen LogP contribution < -0.4 is 5.32 Å². The highest BCUT2D eigenvalue weighted by Crippen LogP contribution is 2.19. The van der Waals surface area contributed by atoms with Crippen LogP contribution in [0.4, 0.5) is 0 Å². The lowest BCUT2D eigenvalue weighted by Crippen LogP contribution is -2.26. The number of aromatic nitrogens is 2. The number of nitrogens with zero attached hydrogens (tertiary/aromatic N) is 2. The van der Waals surface area contributed by atoms with Gasteiger partial charge in [-0.1, -0.05) is 0 Å². The van der Waals surface area contributed by atoms with E-state index in [9.17, 15) is 4.79 Å². The van der Waals surface area contributed by atoms with Crippen molar-refractivity contribution in [3.63, 3.8) is 0 Å². The zero-order valence-corrected chi connectivity index (χ0v) is 8.37. The molecule has 0 aliphatic heterocycles. The predicted octanol–water partition coefficient (Wildman–Crippen LogP) is 0.986. The molecule has 0 unspecified atom stereocenters. The standard InChI is InChI=1S/C10H13N3O/c1-6-5-9(7(2)13-12-6)10(14)11-8-3-4-8/h5,8H,3-4H2,1-2H3,(H,11,14). The summed E-state index contributed by atoms with van der Waals surface area (Å²) in [5.41, 5.74) is 2.11. The minimum atomic E-state index is -0.0250. The lowest BCUT2D eigenvalue weighted by atomic mass is 10.2. The van der Waals surface area contributed by atoms with E-state index in [-0.39, 0.29) is 5.91 Å². The summed E-state index contributed by atoms with van der Waals surface area (Å²) in [4.78, 5) is 11.7. The molecule has 74 valence electrons. The smallest absolute Gasteiger partial charge is 0.253 e. The number of rotatable bonds is 2. The van der Waals surface area contributed by atoms with Crippen LogP contribution in [0.3, 0.4) is 0 Å². The fourth-order valence-electron chi connectivity index (χ4n) is 1.27. The van der Waals surface area contributed by atoms with Crippen molar-refractivity contribution < 1.29 is 4.79 Å². The zero-order chi connectivity index (χ0) is 10.1. The molecule has 0 spiro atoms. The topological polar surface area (TPSA) is 54.9 Å². The van der Waals surface area contributed by atoms with Gasteiger partial charge in [-0.15, -0.1) is 0 Å². The second kappa shape index (κ2) is 3.36. The van der Waals surface area contributed by atoms with Crippen LogP contribution in [0.1, 0.15) is 34.6 Å². The van der Waals surface area contributed by atoms with Crippen molar-refractivity contribution in [1.82, 2.24) is 15.5 Å². The molecule has 1 aliphatic carbocycles. The third-order valence-electron chi connectivity index (χ3n) is 2.26. The minimum absolute atomic E-state index is 0.0250. The van der Waals surface area contributed by atoms with Crippen molar-refractivity contribution in [2.45, 2.75) is 32.7 Å². The normalized spacial score (nSPS) is 15.3. The first kappa shape index (κ1) is 9.12. The molecule has 1 fully saturated rings. The van der Waals surface area contributed by atoms with E-state index in [0.717, 1.165) is 18.5 Å². The second-order valence-corrected chi connectivity index (χ2v) is 3.73. The van der Waals surface area contributed by atoms with Gasteiger partial charge in [0.15, 0.2) is 0 Å². The molecule has 1 N–H and O–H groups in total. The molecule has 14 heavy (non-hydrogen) atoms. The van der Waals surface area contributed by atoms with Crippen LogP contribution in [0.15, 0.2) is 6.07 Å². The van der Waals surface area contributed by atoms with Crippen LogP contribution in [0.2, 0.25) is 0 Å². The van der Waals surface area contributed by atoms with Gasteiger partial charge in [-0.05, 0) is 32.8 Å². The second-order valence-electron chi connectivity index (χ2n) is 3.73. The Morgan fingerprint density at radius 1 is 1.43 bits per heavy atom. The van der Waals surface area contributed by atoms with Crippen molar-refractivity contribution in [2.75, 3.05) is 0 Å². The molecule has 0 aromatic carbocycles. The number of aryl methyl sites for hydroxylation is 2. The summed E-state index contributed by atoms with van der Waals surface area (Å²) < 4.78 is 0. The van der Waals surface area contributed by atoms with Gasteiger partial charge >= 0.3 is 0 Å². The molecule has 0 radical (unpaired) electrons. The van der Waals surface area contributed by atoms with Gasteiger partial charge < -0.3 is 5.32 Å². The fourth-order valence-corrected chi connectivity index (χ4v) is 1.27. The van der Waals surface area contributed by atoms with E-state index in [0.29, 0.717) is 17.3 Å². The summed E-state index contributed by atoms with van der Waals surface area (Å²) in [5, 5.41) is 10.7. The van der Waals surface area contributed by atoms with Crippen molar-refractivity contribution in [3.8, 4) is 0 Å². The Bertz CT molecular complexity index is 372. The molecule has 1 aromatic heterocycles. The van der Waals surface area contributed by atoms with Crippen molar-refractivity contribution in [1.29, 1.82) is 0 Å². The molecule has 1 heterocycles. The molecule has 1 amide bonds. The monoisotopic (exact) mass is 191 g/mol. The molecular weight excluding hydrogens is 178 g/mol. The van der Waals surface area contributed by atoms with Gasteiger partial charge in [0.05, 0.1) is 17.0 Å². The molecule has 0 saturated heterocycles. The lowest BCUT2D eigenvalue weighted by molar-refractivity contribution is 0.0949. The van der Waals surface area contributed by atoms with Crippen LogP contribution in [-0.4, -0.2) is 22.1 Å². The summed E-state index contributed by atoms with van der Waals surface area (Å²) in [6.07, 6.45) is 2.20. The van der Waals surface area contributed by atoms with Gasteiger partial charge in [0.25, 0.3) is 5.91 Å². The first-order valence-electron chi connectivity index (χ1n) is 4.78. The zero-order valence-electron chi connectivity index (χ0n) is 8.37. The number of nitrogens with one attached hydrogen (secondary N) is 1. The van der Waals surface area contributed by atoms with Gasteiger partial charge in [-0.3, -0.25) is 4.79 Å². The van der Waals surface area contributed by atoms with E-state index in [1.165, 1.54) is 0 Å². The van der Waals surface area contributed by atoms with Gasteiger partial charge in [0, 0.05) is 6.04 Å². The molecule has 1 saturated carbocycles. The Kier molecular flexibility index (Phi) is 2.19. The lowest BCUT2D eigenvalue weighted by Gasteiger charge is -2.05. The first-order valence-corrected chi connectivity index (χ1v) is 4.78. The maximum Gasteiger partial charge on any atom is 0.253 e. The maximum absolute atomic E-state index is 11.7. The number of hydrogen-bond acceptors (Lipinski definition) is 3. The summed E-state index contributed by atoms with van der Waals surface area (Å²) in [6, 6.07) is 2.16. The molecule has 4 nitrogen and oxygen atoms in total. The van der Waals surface area contributed by atoms with Crippen molar-refractivity contribution >= 4 is 5.91 Å². The van der Waals surface area contributed by atoms with Crippen molar-refractivity contribution in [3.05, 3.63) is 23.0 Å². The molecule has 2 rings (SSSR count). The Morgan fingerprint density at radius 2 is 2.14 bits per heavy atom. The number of carbonyl (C=O) groups is 1. The Labute approximate surface area is 82.7 Å². The highest BCUT2D eigenvalue weighted by atomic mass is 16.1. The van der Waals surface area contributed by atoms with Crippen LogP contribution in [0.5, 0.6) is 0 Å². The largest absolute Gasteiger partial charge is 0.349 e. The number of amides is 1. The van der Waals surface area contributed by atoms with Gasteiger partial charge in [0.2, 0.25) is 0 Å². The molecule has 0 bridgehead atoms. The average Bonchev–Trinajstić information content (AvgIpc) is 2.93. The predicted molar refractivity (Wildman–Crippen MR) is 52.0 cm³/mol. The minimum Gasteiger partial charge on any atom is -0.349 e. The first-order chi connectivity index (χ1) is 6.66. The average molecular weight is 191 g/mol. The molecule has 4 heteroatoms.